The van der Waals surface area contributed by atoms with Crippen molar-refractivity contribution in [3.8, 4) is 0 Å². The van der Waals surface area contributed by atoms with Gasteiger partial charge in [0, 0.05) is 10.4 Å². The van der Waals surface area contributed by atoms with Crippen molar-refractivity contribution in [1.29, 1.82) is 0 Å². The number of rotatable bonds is 5. The molecule has 0 fully saturated rings. The van der Waals surface area contributed by atoms with Crippen molar-refractivity contribution < 1.29 is 14.3 Å². The summed E-state index contributed by atoms with van der Waals surface area (Å²) in [7, 11) is 0. The highest BCUT2D eigenvalue weighted by Gasteiger charge is 2.27. The Labute approximate surface area is 152 Å². The SMILES string of the molecule is CCOC(=O)c1c(NC(=O)c2cccc(CC)c2)sc2c1CCCC2. The van der Waals surface area contributed by atoms with Gasteiger partial charge < -0.3 is 10.1 Å². The zero-order chi connectivity index (χ0) is 17.8. The molecule has 1 aliphatic carbocycles. The summed E-state index contributed by atoms with van der Waals surface area (Å²) in [5.74, 6) is -0.515. The molecule has 0 saturated carbocycles. The third kappa shape index (κ3) is 3.76. The molecule has 1 aliphatic rings. The maximum absolute atomic E-state index is 12.7. The van der Waals surface area contributed by atoms with E-state index in [0.717, 1.165) is 43.2 Å². The van der Waals surface area contributed by atoms with Crippen LogP contribution in [0.15, 0.2) is 24.3 Å². The Hall–Kier alpha value is -2.14. The maximum atomic E-state index is 12.7. The van der Waals surface area contributed by atoms with Crippen LogP contribution in [0.1, 0.15) is 63.4 Å². The van der Waals surface area contributed by atoms with Gasteiger partial charge in [-0.3, -0.25) is 4.79 Å². The summed E-state index contributed by atoms with van der Waals surface area (Å²) in [5.41, 5.74) is 3.35. The minimum absolute atomic E-state index is 0.181. The smallest absolute Gasteiger partial charge is 0.341 e. The number of carbonyl (C=O) groups excluding carboxylic acids is 2. The average Bonchev–Trinajstić information content (AvgIpc) is 2.99. The Balaban J connectivity index is 1.92. The first-order valence-corrected chi connectivity index (χ1v) is 9.67. The second kappa shape index (κ2) is 7.83. The fraction of sp³-hybridized carbons (Fsp3) is 0.400. The fourth-order valence-electron chi connectivity index (χ4n) is 3.18. The molecule has 0 unspecified atom stereocenters. The van der Waals surface area contributed by atoms with Crippen LogP contribution in [-0.2, 0) is 24.0 Å². The summed E-state index contributed by atoms with van der Waals surface area (Å²) in [6.45, 7) is 4.18. The minimum Gasteiger partial charge on any atom is -0.462 e. The van der Waals surface area contributed by atoms with E-state index in [1.165, 1.54) is 16.2 Å². The molecule has 4 nitrogen and oxygen atoms in total. The number of carbonyl (C=O) groups is 2. The molecule has 0 bridgehead atoms. The number of ether oxygens (including phenoxy) is 1. The molecule has 1 aromatic carbocycles. The Morgan fingerprint density at radius 3 is 2.76 bits per heavy atom. The topological polar surface area (TPSA) is 55.4 Å². The summed E-state index contributed by atoms with van der Waals surface area (Å²) in [6, 6.07) is 7.59. The van der Waals surface area contributed by atoms with Crippen molar-refractivity contribution in [2.45, 2.75) is 46.0 Å². The molecule has 0 spiro atoms. The van der Waals surface area contributed by atoms with Gasteiger partial charge in [-0.05, 0) is 62.3 Å². The van der Waals surface area contributed by atoms with Gasteiger partial charge >= 0.3 is 5.97 Å². The van der Waals surface area contributed by atoms with E-state index in [4.69, 9.17) is 4.74 Å². The van der Waals surface area contributed by atoms with Gasteiger partial charge in [0.05, 0.1) is 12.2 Å². The molecular formula is C20H23NO3S. The zero-order valence-corrected chi connectivity index (χ0v) is 15.5. The van der Waals surface area contributed by atoms with Gasteiger partial charge in [0.2, 0.25) is 0 Å². The fourth-order valence-corrected chi connectivity index (χ4v) is 4.45. The first kappa shape index (κ1) is 17.7. The Bertz CT molecular complexity index is 794. The summed E-state index contributed by atoms with van der Waals surface area (Å²) in [5, 5.41) is 3.58. The molecule has 1 aromatic heterocycles. The predicted molar refractivity (Wildman–Crippen MR) is 101 cm³/mol. The van der Waals surface area contributed by atoms with E-state index < -0.39 is 0 Å². The lowest BCUT2D eigenvalue weighted by Gasteiger charge is -2.12. The lowest BCUT2D eigenvalue weighted by atomic mass is 9.95. The van der Waals surface area contributed by atoms with Gasteiger partial charge in [-0.2, -0.15) is 0 Å². The van der Waals surface area contributed by atoms with Crippen molar-refractivity contribution in [2.24, 2.45) is 0 Å². The normalized spacial score (nSPS) is 13.2. The molecule has 1 N–H and O–H groups in total. The average molecular weight is 357 g/mol. The van der Waals surface area contributed by atoms with Crippen molar-refractivity contribution in [3.05, 3.63) is 51.4 Å². The van der Waals surface area contributed by atoms with Crippen molar-refractivity contribution in [3.63, 3.8) is 0 Å². The number of esters is 1. The molecule has 3 rings (SSSR count). The number of benzene rings is 1. The highest BCUT2D eigenvalue weighted by atomic mass is 32.1. The van der Waals surface area contributed by atoms with E-state index in [1.807, 2.05) is 18.2 Å². The van der Waals surface area contributed by atoms with Crippen molar-refractivity contribution >= 4 is 28.2 Å². The first-order chi connectivity index (χ1) is 12.1. The van der Waals surface area contributed by atoms with Crippen LogP contribution in [0.4, 0.5) is 5.00 Å². The van der Waals surface area contributed by atoms with Gasteiger partial charge in [0.15, 0.2) is 0 Å². The number of anilines is 1. The Morgan fingerprint density at radius 2 is 2.00 bits per heavy atom. The summed E-state index contributed by atoms with van der Waals surface area (Å²) in [6.07, 6.45) is 4.92. The van der Waals surface area contributed by atoms with Crippen LogP contribution in [0.3, 0.4) is 0 Å². The molecule has 0 saturated heterocycles. The summed E-state index contributed by atoms with van der Waals surface area (Å²) >= 11 is 1.52. The van der Waals surface area contributed by atoms with Crippen LogP contribution in [0.2, 0.25) is 0 Å². The number of aryl methyl sites for hydroxylation is 2. The van der Waals surface area contributed by atoms with E-state index in [1.54, 1.807) is 13.0 Å². The van der Waals surface area contributed by atoms with Crippen LogP contribution in [0, 0.1) is 0 Å². The quantitative estimate of drug-likeness (QED) is 0.795. The Morgan fingerprint density at radius 1 is 1.20 bits per heavy atom. The van der Waals surface area contributed by atoms with E-state index in [2.05, 4.69) is 12.2 Å². The standard InChI is InChI=1S/C20H23NO3S/c1-3-13-8-7-9-14(12-13)18(22)21-19-17(20(23)24-4-2)15-10-5-6-11-16(15)25-19/h7-9,12H,3-6,10-11H2,1-2H3,(H,21,22). The molecule has 25 heavy (non-hydrogen) atoms. The number of amides is 1. The molecule has 132 valence electrons. The highest BCUT2D eigenvalue weighted by Crippen LogP contribution is 2.38. The van der Waals surface area contributed by atoms with Gasteiger partial charge in [-0.1, -0.05) is 19.1 Å². The number of hydrogen-bond acceptors (Lipinski definition) is 4. The summed E-state index contributed by atoms with van der Waals surface area (Å²) in [4.78, 5) is 26.3. The molecule has 0 radical (unpaired) electrons. The molecule has 5 heteroatoms. The predicted octanol–water partition coefficient (Wildman–Crippen LogP) is 4.62. The molecule has 0 atom stereocenters. The summed E-state index contributed by atoms with van der Waals surface area (Å²) < 4.78 is 5.23. The number of thiophene rings is 1. The Kier molecular flexibility index (Phi) is 5.53. The lowest BCUT2D eigenvalue weighted by molar-refractivity contribution is 0.0526. The van der Waals surface area contributed by atoms with Crippen LogP contribution in [-0.4, -0.2) is 18.5 Å². The number of hydrogen-bond donors (Lipinski definition) is 1. The number of nitrogens with one attached hydrogen (secondary N) is 1. The van der Waals surface area contributed by atoms with Crippen LogP contribution in [0.25, 0.3) is 0 Å². The monoisotopic (exact) mass is 357 g/mol. The first-order valence-electron chi connectivity index (χ1n) is 8.86. The minimum atomic E-state index is -0.334. The van der Waals surface area contributed by atoms with E-state index >= 15 is 0 Å². The van der Waals surface area contributed by atoms with E-state index in [0.29, 0.717) is 22.7 Å². The molecule has 2 aromatic rings. The van der Waals surface area contributed by atoms with Gasteiger partial charge in [0.25, 0.3) is 5.91 Å². The van der Waals surface area contributed by atoms with Gasteiger partial charge in [-0.15, -0.1) is 11.3 Å². The third-order valence-corrected chi connectivity index (χ3v) is 5.68. The number of fused-ring (bicyclic) bond motifs is 1. The third-order valence-electron chi connectivity index (χ3n) is 4.48. The zero-order valence-electron chi connectivity index (χ0n) is 14.7. The second-order valence-electron chi connectivity index (χ2n) is 6.14. The second-order valence-corrected chi connectivity index (χ2v) is 7.25. The largest absolute Gasteiger partial charge is 0.462 e. The molecule has 0 aliphatic heterocycles. The molecular weight excluding hydrogens is 334 g/mol. The van der Waals surface area contributed by atoms with Crippen molar-refractivity contribution in [2.75, 3.05) is 11.9 Å². The van der Waals surface area contributed by atoms with Crippen LogP contribution < -0.4 is 5.32 Å². The van der Waals surface area contributed by atoms with Gasteiger partial charge in [0.1, 0.15) is 5.00 Å². The maximum Gasteiger partial charge on any atom is 0.341 e. The van der Waals surface area contributed by atoms with E-state index in [-0.39, 0.29) is 11.9 Å². The lowest BCUT2D eigenvalue weighted by Crippen LogP contribution is -2.16. The van der Waals surface area contributed by atoms with Crippen LogP contribution in [0.5, 0.6) is 0 Å². The van der Waals surface area contributed by atoms with Crippen molar-refractivity contribution in [1.82, 2.24) is 0 Å². The molecule has 1 heterocycles. The molecule has 1 amide bonds. The van der Waals surface area contributed by atoms with Crippen LogP contribution >= 0.6 is 11.3 Å². The van der Waals surface area contributed by atoms with Gasteiger partial charge in [-0.25, -0.2) is 4.79 Å². The highest BCUT2D eigenvalue weighted by molar-refractivity contribution is 7.17. The van der Waals surface area contributed by atoms with E-state index in [9.17, 15) is 9.59 Å².